The molecule has 4 nitrogen and oxygen atoms in total. The molecule has 0 heterocycles. The van der Waals surface area contributed by atoms with Crippen molar-refractivity contribution < 1.29 is 14.6 Å². The van der Waals surface area contributed by atoms with E-state index in [-0.39, 0.29) is 13.0 Å². The molecule has 2 atom stereocenters. The summed E-state index contributed by atoms with van der Waals surface area (Å²) in [4.78, 5) is 12.0. The van der Waals surface area contributed by atoms with E-state index in [4.69, 9.17) is 10.5 Å². The van der Waals surface area contributed by atoms with Crippen molar-refractivity contribution in [3.8, 4) is 0 Å². The molecule has 4 heteroatoms. The largest absolute Gasteiger partial charge is 0.466 e. The van der Waals surface area contributed by atoms with Crippen molar-refractivity contribution in [1.82, 2.24) is 0 Å². The smallest absolute Gasteiger partial charge is 0.308 e. The number of rotatable bonds is 6. The van der Waals surface area contributed by atoms with Gasteiger partial charge in [0.1, 0.15) is 6.10 Å². The van der Waals surface area contributed by atoms with Gasteiger partial charge in [0.25, 0.3) is 0 Å². The molecule has 0 saturated heterocycles. The maximum Gasteiger partial charge on any atom is 0.308 e. The Morgan fingerprint density at radius 1 is 1.14 bits per heavy atom. The van der Waals surface area contributed by atoms with Crippen molar-refractivity contribution in [2.24, 2.45) is 5.73 Å². The third kappa shape index (κ3) is 3.53. The van der Waals surface area contributed by atoms with Crippen LogP contribution in [0, 0.1) is 0 Å². The highest BCUT2D eigenvalue weighted by molar-refractivity contribution is 5.71. The molecular weight excluding hydrogens is 278 g/mol. The number of aliphatic hydroxyl groups excluding tert-OH is 1. The molecule has 0 amide bonds. The van der Waals surface area contributed by atoms with E-state index < -0.39 is 17.6 Å². The molecule has 0 bridgehead atoms. The summed E-state index contributed by atoms with van der Waals surface area (Å²) >= 11 is 0. The van der Waals surface area contributed by atoms with Gasteiger partial charge in [-0.25, -0.2) is 0 Å². The van der Waals surface area contributed by atoms with Gasteiger partial charge in [-0.3, -0.25) is 4.79 Å². The van der Waals surface area contributed by atoms with Crippen LogP contribution >= 0.6 is 0 Å². The zero-order chi connectivity index (χ0) is 16.0. The first kappa shape index (κ1) is 16.2. The van der Waals surface area contributed by atoms with Crippen molar-refractivity contribution in [3.05, 3.63) is 71.8 Å². The van der Waals surface area contributed by atoms with Crippen LogP contribution < -0.4 is 5.73 Å². The van der Waals surface area contributed by atoms with Crippen LogP contribution in [-0.4, -0.2) is 17.7 Å². The van der Waals surface area contributed by atoms with E-state index in [2.05, 4.69) is 0 Å². The summed E-state index contributed by atoms with van der Waals surface area (Å²) in [7, 11) is 0. The lowest BCUT2D eigenvalue weighted by Crippen LogP contribution is -2.45. The lowest BCUT2D eigenvalue weighted by Gasteiger charge is -2.34. The van der Waals surface area contributed by atoms with E-state index in [1.54, 1.807) is 19.1 Å². The topological polar surface area (TPSA) is 72.5 Å². The van der Waals surface area contributed by atoms with Crippen molar-refractivity contribution in [2.45, 2.75) is 25.0 Å². The Balaban J connectivity index is 2.39. The highest BCUT2D eigenvalue weighted by Crippen LogP contribution is 2.36. The summed E-state index contributed by atoms with van der Waals surface area (Å²) < 4.78 is 5.02. The van der Waals surface area contributed by atoms with Gasteiger partial charge in [-0.15, -0.1) is 0 Å². The summed E-state index contributed by atoms with van der Waals surface area (Å²) in [5, 5.41) is 10.8. The van der Waals surface area contributed by atoms with Crippen LogP contribution in [0.5, 0.6) is 0 Å². The first-order valence-electron chi connectivity index (χ1n) is 7.31. The Bertz CT molecular complexity index is 600. The number of benzene rings is 2. The number of carbonyl (C=O) groups is 1. The fourth-order valence-corrected chi connectivity index (χ4v) is 2.49. The summed E-state index contributed by atoms with van der Waals surface area (Å²) in [5.41, 5.74) is 6.59. The molecule has 0 unspecified atom stereocenters. The number of carbonyl (C=O) groups excluding carboxylic acids is 1. The number of hydrogen-bond acceptors (Lipinski definition) is 4. The van der Waals surface area contributed by atoms with Gasteiger partial charge in [0.2, 0.25) is 0 Å². The fraction of sp³-hybridized carbons (Fsp3) is 0.278. The summed E-state index contributed by atoms with van der Waals surface area (Å²) in [6, 6.07) is 18.3. The van der Waals surface area contributed by atoms with Gasteiger partial charge in [-0.1, -0.05) is 60.7 Å². The van der Waals surface area contributed by atoms with Gasteiger partial charge >= 0.3 is 5.97 Å². The predicted molar refractivity (Wildman–Crippen MR) is 85.0 cm³/mol. The molecular formula is C18H21NO3. The second-order valence-electron chi connectivity index (χ2n) is 5.20. The van der Waals surface area contributed by atoms with Crippen LogP contribution in [0.4, 0.5) is 0 Å². The Labute approximate surface area is 130 Å². The molecule has 2 aromatic rings. The Morgan fingerprint density at radius 3 is 2.23 bits per heavy atom. The summed E-state index contributed by atoms with van der Waals surface area (Å²) in [5.74, 6) is -0.427. The van der Waals surface area contributed by atoms with Crippen LogP contribution in [0.2, 0.25) is 0 Å². The van der Waals surface area contributed by atoms with E-state index >= 15 is 0 Å². The highest BCUT2D eigenvalue weighted by atomic mass is 16.5. The highest BCUT2D eigenvalue weighted by Gasteiger charge is 2.39. The fourth-order valence-electron chi connectivity index (χ4n) is 2.49. The summed E-state index contributed by atoms with van der Waals surface area (Å²) in [6.07, 6.45) is -1.11. The van der Waals surface area contributed by atoms with Gasteiger partial charge < -0.3 is 15.6 Å². The minimum atomic E-state index is -1.24. The van der Waals surface area contributed by atoms with Crippen molar-refractivity contribution in [3.63, 3.8) is 0 Å². The van der Waals surface area contributed by atoms with Gasteiger partial charge in [0.05, 0.1) is 18.6 Å². The van der Waals surface area contributed by atoms with Gasteiger partial charge in [0.15, 0.2) is 0 Å². The van der Waals surface area contributed by atoms with E-state index in [1.165, 1.54) is 0 Å². The van der Waals surface area contributed by atoms with Gasteiger partial charge in [0, 0.05) is 0 Å². The number of esters is 1. The molecule has 3 N–H and O–H groups in total. The zero-order valence-electron chi connectivity index (χ0n) is 12.6. The van der Waals surface area contributed by atoms with Crippen LogP contribution in [0.3, 0.4) is 0 Å². The predicted octanol–water partition coefficient (Wildman–Crippen LogP) is 2.53. The maximum absolute atomic E-state index is 12.0. The molecule has 0 aliphatic carbocycles. The molecule has 0 spiro atoms. The third-order valence-electron chi connectivity index (χ3n) is 3.66. The Kier molecular flexibility index (Phi) is 5.31. The average molecular weight is 299 g/mol. The Hall–Kier alpha value is -2.17. The second kappa shape index (κ2) is 7.20. The average Bonchev–Trinajstić information content (AvgIpc) is 2.56. The maximum atomic E-state index is 12.0. The lowest BCUT2D eigenvalue weighted by atomic mass is 9.79. The van der Waals surface area contributed by atoms with Crippen LogP contribution in [0.15, 0.2) is 60.7 Å². The standard InChI is InChI=1S/C18H21NO3/c1-2-22-16(20)13-18(19,15-11-7-4-8-12-15)17(21)14-9-5-3-6-10-14/h3-12,17,21H,2,13,19H2,1H3/t17-,18+/m0/s1. The monoisotopic (exact) mass is 299 g/mol. The quantitative estimate of drug-likeness (QED) is 0.804. The molecule has 0 aliphatic rings. The van der Waals surface area contributed by atoms with E-state index in [0.29, 0.717) is 11.1 Å². The van der Waals surface area contributed by atoms with Crippen molar-refractivity contribution >= 4 is 5.97 Å². The number of aliphatic hydroxyl groups is 1. The molecule has 22 heavy (non-hydrogen) atoms. The van der Waals surface area contributed by atoms with Crippen LogP contribution in [0.1, 0.15) is 30.6 Å². The van der Waals surface area contributed by atoms with E-state index in [1.807, 2.05) is 48.5 Å². The van der Waals surface area contributed by atoms with E-state index in [9.17, 15) is 9.90 Å². The molecule has 0 radical (unpaired) electrons. The van der Waals surface area contributed by atoms with E-state index in [0.717, 1.165) is 0 Å². The zero-order valence-corrected chi connectivity index (χ0v) is 12.6. The Morgan fingerprint density at radius 2 is 1.68 bits per heavy atom. The van der Waals surface area contributed by atoms with Crippen molar-refractivity contribution in [2.75, 3.05) is 6.61 Å². The molecule has 0 aromatic heterocycles. The van der Waals surface area contributed by atoms with Crippen LogP contribution in [-0.2, 0) is 15.1 Å². The van der Waals surface area contributed by atoms with Gasteiger partial charge in [-0.05, 0) is 18.1 Å². The molecule has 0 fully saturated rings. The molecule has 2 rings (SSSR count). The number of ether oxygens (including phenoxy) is 1. The minimum Gasteiger partial charge on any atom is -0.466 e. The lowest BCUT2D eigenvalue weighted by molar-refractivity contribution is -0.146. The molecule has 116 valence electrons. The normalized spacial score (nSPS) is 14.9. The first-order valence-corrected chi connectivity index (χ1v) is 7.31. The second-order valence-corrected chi connectivity index (χ2v) is 5.20. The SMILES string of the molecule is CCOC(=O)C[C@@](N)(c1ccccc1)[C@@H](O)c1ccccc1. The van der Waals surface area contributed by atoms with Crippen LogP contribution in [0.25, 0.3) is 0 Å². The third-order valence-corrected chi connectivity index (χ3v) is 3.66. The first-order chi connectivity index (χ1) is 10.6. The number of hydrogen-bond donors (Lipinski definition) is 2. The number of nitrogens with two attached hydrogens (primary N) is 1. The summed E-state index contributed by atoms with van der Waals surface area (Å²) in [6.45, 7) is 2.03. The minimum absolute atomic E-state index is 0.0963. The molecule has 0 aliphatic heterocycles. The molecule has 0 saturated carbocycles. The molecule has 2 aromatic carbocycles. The van der Waals surface area contributed by atoms with Gasteiger partial charge in [-0.2, -0.15) is 0 Å². The van der Waals surface area contributed by atoms with Crippen molar-refractivity contribution in [1.29, 1.82) is 0 Å².